The Balaban J connectivity index is 1.38. The van der Waals surface area contributed by atoms with E-state index in [0.717, 1.165) is 25.2 Å². The van der Waals surface area contributed by atoms with Crippen molar-refractivity contribution in [2.75, 3.05) is 13.2 Å². The number of hydrogen-bond donors (Lipinski definition) is 1. The Morgan fingerprint density at radius 2 is 2.30 bits per heavy atom. The molecule has 2 aromatic rings. The van der Waals surface area contributed by atoms with E-state index < -0.39 is 0 Å². The summed E-state index contributed by atoms with van der Waals surface area (Å²) in [7, 11) is 0. The molecule has 0 spiro atoms. The first-order valence-electron chi connectivity index (χ1n) is 8.85. The maximum absolute atomic E-state index is 5.98. The van der Waals surface area contributed by atoms with Crippen molar-refractivity contribution in [1.29, 1.82) is 0 Å². The van der Waals surface area contributed by atoms with Crippen LogP contribution in [0.3, 0.4) is 0 Å². The highest BCUT2D eigenvalue weighted by molar-refractivity contribution is 5.47. The third kappa shape index (κ3) is 2.48. The number of rotatable bonds is 4. The van der Waals surface area contributed by atoms with E-state index in [1.54, 1.807) is 0 Å². The van der Waals surface area contributed by atoms with E-state index in [4.69, 9.17) is 9.72 Å². The standard InChI is InChI=1S/C19H27N3O/c1-13-6-4-10-22-12-14(21-18(13)22)8-9-20-16-15-7-5-11-23-17(15)19(16,2)3/h4,6,10,12,15-17,20H,5,7-9,11H2,1-3H3/t15-,16+,17+/m0/s1. The molecule has 1 saturated heterocycles. The summed E-state index contributed by atoms with van der Waals surface area (Å²) in [6.07, 6.45) is 8.17. The molecule has 4 heteroatoms. The van der Waals surface area contributed by atoms with Gasteiger partial charge in [0.15, 0.2) is 0 Å². The molecule has 2 fully saturated rings. The van der Waals surface area contributed by atoms with Gasteiger partial charge in [-0.15, -0.1) is 0 Å². The fourth-order valence-corrected chi connectivity index (χ4v) is 4.62. The van der Waals surface area contributed by atoms with E-state index >= 15 is 0 Å². The van der Waals surface area contributed by atoms with Gasteiger partial charge in [-0.2, -0.15) is 0 Å². The van der Waals surface area contributed by atoms with E-state index in [-0.39, 0.29) is 5.41 Å². The summed E-state index contributed by atoms with van der Waals surface area (Å²) in [5, 5.41) is 3.79. The Bertz CT molecular complexity index is 706. The van der Waals surface area contributed by atoms with E-state index in [2.05, 4.69) is 55.0 Å². The number of aromatic nitrogens is 2. The van der Waals surface area contributed by atoms with Crippen molar-refractivity contribution in [3.63, 3.8) is 0 Å². The molecule has 2 aliphatic rings. The SMILES string of the molecule is Cc1cccn2cc(CCN[C@@H]3[C@@H]4CCCO[C@H]4C3(C)C)nc12. The van der Waals surface area contributed by atoms with Gasteiger partial charge in [-0.1, -0.05) is 19.9 Å². The van der Waals surface area contributed by atoms with Crippen molar-refractivity contribution >= 4 is 5.65 Å². The molecule has 4 rings (SSSR count). The molecule has 124 valence electrons. The molecule has 0 radical (unpaired) electrons. The second-order valence-electron chi connectivity index (χ2n) is 7.75. The van der Waals surface area contributed by atoms with Crippen molar-refractivity contribution in [2.45, 2.75) is 52.2 Å². The zero-order valence-electron chi connectivity index (χ0n) is 14.4. The first-order valence-corrected chi connectivity index (χ1v) is 8.85. The fraction of sp³-hybridized carbons (Fsp3) is 0.632. The van der Waals surface area contributed by atoms with Gasteiger partial charge in [0.2, 0.25) is 0 Å². The normalized spacial score (nSPS) is 29.3. The summed E-state index contributed by atoms with van der Waals surface area (Å²) in [6, 6.07) is 4.77. The Morgan fingerprint density at radius 1 is 1.43 bits per heavy atom. The number of hydrogen-bond acceptors (Lipinski definition) is 3. The second-order valence-corrected chi connectivity index (χ2v) is 7.75. The van der Waals surface area contributed by atoms with Gasteiger partial charge in [0.1, 0.15) is 5.65 Å². The van der Waals surface area contributed by atoms with Crippen LogP contribution in [0, 0.1) is 18.3 Å². The van der Waals surface area contributed by atoms with Crippen LogP contribution in [-0.4, -0.2) is 34.7 Å². The lowest BCUT2D eigenvalue weighted by Crippen LogP contribution is -2.69. The van der Waals surface area contributed by atoms with Crippen LogP contribution in [0.25, 0.3) is 5.65 Å². The first kappa shape index (κ1) is 15.2. The lowest BCUT2D eigenvalue weighted by atomic mass is 9.55. The van der Waals surface area contributed by atoms with Gasteiger partial charge in [-0.25, -0.2) is 4.98 Å². The molecule has 0 unspecified atom stereocenters. The van der Waals surface area contributed by atoms with E-state index in [1.807, 2.05) is 0 Å². The molecule has 0 bridgehead atoms. The van der Waals surface area contributed by atoms with Crippen molar-refractivity contribution in [3.8, 4) is 0 Å². The number of fused-ring (bicyclic) bond motifs is 2. The summed E-state index contributed by atoms with van der Waals surface area (Å²) >= 11 is 0. The highest BCUT2D eigenvalue weighted by atomic mass is 16.5. The highest BCUT2D eigenvalue weighted by Gasteiger charge is 2.57. The lowest BCUT2D eigenvalue weighted by molar-refractivity contribution is -0.192. The maximum Gasteiger partial charge on any atom is 0.139 e. The molecule has 0 amide bonds. The van der Waals surface area contributed by atoms with Crippen LogP contribution >= 0.6 is 0 Å². The number of aryl methyl sites for hydroxylation is 1. The minimum atomic E-state index is 0.251. The fourth-order valence-electron chi connectivity index (χ4n) is 4.62. The van der Waals surface area contributed by atoms with Crippen LogP contribution in [0.1, 0.15) is 37.9 Å². The van der Waals surface area contributed by atoms with Crippen LogP contribution < -0.4 is 5.32 Å². The van der Waals surface area contributed by atoms with Crippen LogP contribution in [0.5, 0.6) is 0 Å². The summed E-state index contributed by atoms with van der Waals surface area (Å²) in [6.45, 7) is 8.72. The van der Waals surface area contributed by atoms with Crippen molar-refractivity contribution in [2.24, 2.45) is 11.3 Å². The number of imidazole rings is 1. The van der Waals surface area contributed by atoms with Crippen molar-refractivity contribution in [1.82, 2.24) is 14.7 Å². The van der Waals surface area contributed by atoms with Crippen LogP contribution in [0.4, 0.5) is 0 Å². The Hall–Kier alpha value is -1.39. The predicted molar refractivity (Wildman–Crippen MR) is 91.7 cm³/mol. The highest BCUT2D eigenvalue weighted by Crippen LogP contribution is 2.51. The van der Waals surface area contributed by atoms with Crippen LogP contribution in [0.15, 0.2) is 24.5 Å². The minimum Gasteiger partial charge on any atom is -0.377 e. The molecule has 1 aliphatic heterocycles. The molecule has 1 saturated carbocycles. The maximum atomic E-state index is 5.98. The monoisotopic (exact) mass is 313 g/mol. The molecule has 23 heavy (non-hydrogen) atoms. The smallest absolute Gasteiger partial charge is 0.139 e. The van der Waals surface area contributed by atoms with Crippen LogP contribution in [0.2, 0.25) is 0 Å². The molecule has 3 atom stereocenters. The largest absolute Gasteiger partial charge is 0.377 e. The number of pyridine rings is 1. The van der Waals surface area contributed by atoms with Gasteiger partial charge in [0.25, 0.3) is 0 Å². The Morgan fingerprint density at radius 3 is 3.13 bits per heavy atom. The van der Waals surface area contributed by atoms with Gasteiger partial charge in [0.05, 0.1) is 11.8 Å². The van der Waals surface area contributed by atoms with Gasteiger partial charge >= 0.3 is 0 Å². The topological polar surface area (TPSA) is 38.6 Å². The molecular formula is C19H27N3O. The zero-order chi connectivity index (χ0) is 16.0. The molecule has 2 aromatic heterocycles. The molecule has 1 aliphatic carbocycles. The number of nitrogens with one attached hydrogen (secondary N) is 1. The third-order valence-corrected chi connectivity index (χ3v) is 5.80. The molecular weight excluding hydrogens is 286 g/mol. The number of ether oxygens (including phenoxy) is 1. The predicted octanol–water partition coefficient (Wildman–Crippen LogP) is 2.98. The van der Waals surface area contributed by atoms with Crippen molar-refractivity contribution in [3.05, 3.63) is 35.8 Å². The number of nitrogens with zero attached hydrogens (tertiary/aromatic N) is 2. The summed E-state index contributed by atoms with van der Waals surface area (Å²) < 4.78 is 8.11. The summed E-state index contributed by atoms with van der Waals surface area (Å²) in [5.74, 6) is 0.696. The third-order valence-electron chi connectivity index (χ3n) is 5.80. The van der Waals surface area contributed by atoms with E-state index in [9.17, 15) is 0 Å². The minimum absolute atomic E-state index is 0.251. The van der Waals surface area contributed by atoms with E-state index in [0.29, 0.717) is 18.1 Å². The second kappa shape index (κ2) is 5.60. The molecule has 1 N–H and O–H groups in total. The quantitative estimate of drug-likeness (QED) is 0.943. The Kier molecular flexibility index (Phi) is 3.69. The molecule has 0 aromatic carbocycles. The molecule has 4 nitrogen and oxygen atoms in total. The molecule has 3 heterocycles. The average Bonchev–Trinajstić information content (AvgIpc) is 2.96. The lowest BCUT2D eigenvalue weighted by Gasteiger charge is -2.60. The average molecular weight is 313 g/mol. The van der Waals surface area contributed by atoms with Gasteiger partial charge in [0, 0.05) is 49.3 Å². The first-order chi connectivity index (χ1) is 11.1. The van der Waals surface area contributed by atoms with E-state index in [1.165, 1.54) is 24.1 Å². The zero-order valence-corrected chi connectivity index (χ0v) is 14.4. The Labute approximate surface area is 138 Å². The van der Waals surface area contributed by atoms with Gasteiger partial charge in [-0.05, 0) is 31.4 Å². The van der Waals surface area contributed by atoms with Gasteiger partial charge in [-0.3, -0.25) is 0 Å². The van der Waals surface area contributed by atoms with Crippen molar-refractivity contribution < 1.29 is 4.74 Å². The summed E-state index contributed by atoms with van der Waals surface area (Å²) in [5.41, 5.74) is 3.72. The van der Waals surface area contributed by atoms with Gasteiger partial charge < -0.3 is 14.5 Å². The summed E-state index contributed by atoms with van der Waals surface area (Å²) in [4.78, 5) is 4.77. The van der Waals surface area contributed by atoms with Crippen LogP contribution in [-0.2, 0) is 11.2 Å².